The van der Waals surface area contributed by atoms with Crippen molar-refractivity contribution in [1.82, 2.24) is 19.6 Å². The Bertz CT molecular complexity index is 2710. The molecule has 53 heavy (non-hydrogen) atoms. The molecule has 0 atom stereocenters. The monoisotopic (exact) mass is 690 g/mol. The summed E-state index contributed by atoms with van der Waals surface area (Å²) in [5.74, 6) is 1.67. The fraction of sp³-hybridized carbons (Fsp3) is 0.191. The minimum absolute atomic E-state index is 0.0334. The van der Waals surface area contributed by atoms with Gasteiger partial charge in [0.15, 0.2) is 11.5 Å². The van der Waals surface area contributed by atoms with E-state index in [4.69, 9.17) is 15.2 Å². The number of hydrogen-bond acceptors (Lipinski definition) is 5. The van der Waals surface area contributed by atoms with Crippen LogP contribution in [-0.4, -0.2) is 19.6 Å². The number of anilines is 3. The number of hydrogen-bond donors (Lipinski definition) is 0. The first kappa shape index (κ1) is 33.8. The Hall–Kier alpha value is -6.32. The second kappa shape index (κ2) is 12.7. The molecule has 0 aliphatic carbocycles. The van der Waals surface area contributed by atoms with Crippen LogP contribution >= 0.6 is 0 Å². The van der Waals surface area contributed by atoms with Crippen molar-refractivity contribution in [2.24, 2.45) is 0 Å². The molecule has 0 unspecified atom stereocenters. The highest BCUT2D eigenvalue weighted by atomic mass is 15.3. The largest absolute Gasteiger partial charge is 0.295 e. The lowest BCUT2D eigenvalue weighted by Crippen LogP contribution is -2.22. The Morgan fingerprint density at radius 2 is 1.34 bits per heavy atom. The molecule has 3 heterocycles. The molecular weight excluding hydrogens is 649 g/mol. The Kier molecular flexibility index (Phi) is 8.11. The first-order valence-corrected chi connectivity index (χ1v) is 18.1. The maximum atomic E-state index is 10.7. The summed E-state index contributed by atoms with van der Waals surface area (Å²) in [6, 6.07) is 44.7. The van der Waals surface area contributed by atoms with Gasteiger partial charge in [-0.25, -0.2) is 4.98 Å². The van der Waals surface area contributed by atoms with Gasteiger partial charge in [0.1, 0.15) is 5.82 Å². The zero-order chi connectivity index (χ0) is 37.1. The number of nitriles is 1. The van der Waals surface area contributed by atoms with Crippen molar-refractivity contribution in [2.75, 3.05) is 4.90 Å². The molecule has 8 aromatic rings. The molecular formula is C47H42N6. The van der Waals surface area contributed by atoms with Gasteiger partial charge in [-0.15, -0.1) is 10.2 Å². The van der Waals surface area contributed by atoms with Crippen molar-refractivity contribution >= 4 is 44.5 Å². The van der Waals surface area contributed by atoms with E-state index in [9.17, 15) is 5.26 Å². The van der Waals surface area contributed by atoms with Gasteiger partial charge in [0.25, 0.3) is 0 Å². The van der Waals surface area contributed by atoms with Crippen LogP contribution in [0.5, 0.6) is 0 Å². The average Bonchev–Trinajstić information content (AvgIpc) is 3.60. The molecule has 0 amide bonds. The van der Waals surface area contributed by atoms with E-state index in [2.05, 4.69) is 167 Å². The Balaban J connectivity index is 1.33. The van der Waals surface area contributed by atoms with Crippen LogP contribution in [0.3, 0.4) is 0 Å². The van der Waals surface area contributed by atoms with Crippen molar-refractivity contribution in [1.29, 1.82) is 5.26 Å². The van der Waals surface area contributed by atoms with Gasteiger partial charge < -0.3 is 0 Å². The molecule has 8 rings (SSSR count). The van der Waals surface area contributed by atoms with Gasteiger partial charge in [0, 0.05) is 39.3 Å². The number of nitrogens with zero attached hydrogens (tertiary/aromatic N) is 6. The Morgan fingerprint density at radius 1 is 0.642 bits per heavy atom. The summed E-state index contributed by atoms with van der Waals surface area (Å²) < 4.78 is 2.19. The molecule has 0 aliphatic heterocycles. The normalized spacial score (nSPS) is 12.0. The van der Waals surface area contributed by atoms with Crippen molar-refractivity contribution in [2.45, 2.75) is 59.3 Å². The second-order valence-electron chi connectivity index (χ2n) is 15.5. The maximum absolute atomic E-state index is 10.7. The SMILES string of the molecule is Cc1cccc(C)c1-c1nnc2c3cc(C(C)(C)c4cccc(N(c5ccccc5)c5cc(C(C)(C)C)ccn5)c4)c(C#N)cc3c3ccccc3n12. The molecule has 0 spiro atoms. The molecule has 0 saturated carbocycles. The topological polar surface area (TPSA) is 70.1 Å². The molecule has 0 N–H and O–H groups in total. The van der Waals surface area contributed by atoms with Gasteiger partial charge in [0.05, 0.1) is 17.1 Å². The van der Waals surface area contributed by atoms with Crippen LogP contribution < -0.4 is 4.90 Å². The molecule has 6 nitrogen and oxygen atoms in total. The quantitative estimate of drug-likeness (QED) is 0.162. The highest BCUT2D eigenvalue weighted by Crippen LogP contribution is 2.42. The van der Waals surface area contributed by atoms with Crippen molar-refractivity contribution in [3.8, 4) is 17.5 Å². The molecule has 0 bridgehead atoms. The maximum Gasteiger partial charge on any atom is 0.169 e. The summed E-state index contributed by atoms with van der Waals surface area (Å²) in [4.78, 5) is 7.08. The number of benzene rings is 5. The van der Waals surface area contributed by atoms with E-state index in [1.54, 1.807) is 0 Å². The number of fused-ring (bicyclic) bond motifs is 6. The van der Waals surface area contributed by atoms with Crippen molar-refractivity contribution in [3.05, 3.63) is 161 Å². The molecule has 260 valence electrons. The summed E-state index contributed by atoms with van der Waals surface area (Å²) >= 11 is 0. The van der Waals surface area contributed by atoms with E-state index in [-0.39, 0.29) is 5.41 Å². The lowest BCUT2D eigenvalue weighted by Gasteiger charge is -2.31. The molecule has 0 aliphatic rings. The number of rotatable bonds is 6. The van der Waals surface area contributed by atoms with E-state index < -0.39 is 5.41 Å². The van der Waals surface area contributed by atoms with E-state index in [1.807, 2.05) is 24.4 Å². The van der Waals surface area contributed by atoms with Gasteiger partial charge in [-0.1, -0.05) is 101 Å². The third kappa shape index (κ3) is 5.70. The predicted octanol–water partition coefficient (Wildman–Crippen LogP) is 11.7. The molecule has 0 fully saturated rings. The fourth-order valence-corrected chi connectivity index (χ4v) is 7.72. The molecule has 0 saturated heterocycles. The van der Waals surface area contributed by atoms with Gasteiger partial charge in [-0.05, 0) is 107 Å². The van der Waals surface area contributed by atoms with E-state index in [0.29, 0.717) is 5.56 Å². The summed E-state index contributed by atoms with van der Waals surface area (Å²) in [5, 5.41) is 23.4. The molecule has 5 aromatic carbocycles. The van der Waals surface area contributed by atoms with Crippen molar-refractivity contribution < 1.29 is 0 Å². The van der Waals surface area contributed by atoms with Crippen LogP contribution in [0.15, 0.2) is 128 Å². The van der Waals surface area contributed by atoms with Crippen LogP contribution in [0.2, 0.25) is 0 Å². The molecule has 3 aromatic heterocycles. The zero-order valence-electron chi connectivity index (χ0n) is 31.3. The number of aryl methyl sites for hydroxylation is 2. The summed E-state index contributed by atoms with van der Waals surface area (Å²) in [6.07, 6.45) is 1.90. The predicted molar refractivity (Wildman–Crippen MR) is 217 cm³/mol. The van der Waals surface area contributed by atoms with Gasteiger partial charge >= 0.3 is 0 Å². The van der Waals surface area contributed by atoms with E-state index in [1.165, 1.54) is 5.56 Å². The highest BCUT2D eigenvalue weighted by molar-refractivity contribution is 6.13. The van der Waals surface area contributed by atoms with Crippen LogP contribution in [0.1, 0.15) is 68.0 Å². The van der Waals surface area contributed by atoms with Gasteiger partial charge in [-0.3, -0.25) is 9.30 Å². The minimum Gasteiger partial charge on any atom is -0.295 e. The standard InChI is InChI=1S/C47H42N6/c1-30-15-13-16-31(2)43(30)45-51-50-44-39-28-40(32(29-48)25-38(39)37-21-11-12-22-41(37)53(44)45)47(6,7)34-17-14-20-36(26-34)52(35-18-9-8-10-19-35)42-27-33(23-24-49-42)46(3,4)5/h8-28H,1-7H3. The lowest BCUT2D eigenvalue weighted by molar-refractivity contribution is 0.589. The first-order valence-electron chi connectivity index (χ1n) is 18.1. The first-order chi connectivity index (χ1) is 25.5. The number of para-hydroxylation sites is 2. The van der Waals surface area contributed by atoms with Crippen LogP contribution in [-0.2, 0) is 10.8 Å². The second-order valence-corrected chi connectivity index (χ2v) is 15.5. The zero-order valence-corrected chi connectivity index (χ0v) is 31.3. The van der Waals surface area contributed by atoms with E-state index >= 15 is 0 Å². The third-order valence-corrected chi connectivity index (χ3v) is 10.7. The molecule has 0 radical (unpaired) electrons. The highest BCUT2D eigenvalue weighted by Gasteiger charge is 2.30. The van der Waals surface area contributed by atoms with Crippen LogP contribution in [0, 0.1) is 25.2 Å². The Morgan fingerprint density at radius 3 is 2.08 bits per heavy atom. The van der Waals surface area contributed by atoms with Crippen LogP contribution in [0.4, 0.5) is 17.2 Å². The Labute approximate surface area is 311 Å². The van der Waals surface area contributed by atoms with Crippen molar-refractivity contribution in [3.63, 3.8) is 0 Å². The van der Waals surface area contributed by atoms with Gasteiger partial charge in [-0.2, -0.15) is 5.26 Å². The number of pyridine rings is 2. The summed E-state index contributed by atoms with van der Waals surface area (Å²) in [7, 11) is 0. The average molecular weight is 691 g/mol. The van der Waals surface area contributed by atoms with Crippen LogP contribution in [0.25, 0.3) is 38.7 Å². The minimum atomic E-state index is -0.559. The molecule has 6 heteroatoms. The summed E-state index contributed by atoms with van der Waals surface area (Å²) in [5.41, 5.74) is 10.4. The van der Waals surface area contributed by atoms with Gasteiger partial charge in [0.2, 0.25) is 0 Å². The van der Waals surface area contributed by atoms with E-state index in [0.717, 1.165) is 78.2 Å². The third-order valence-electron chi connectivity index (χ3n) is 10.7. The lowest BCUT2D eigenvalue weighted by atomic mass is 9.75. The summed E-state index contributed by atoms with van der Waals surface area (Å²) in [6.45, 7) is 15.3. The fourth-order valence-electron chi connectivity index (χ4n) is 7.72. The number of aromatic nitrogens is 4. The smallest absolute Gasteiger partial charge is 0.169 e.